The molecule has 1 heterocycles. The van der Waals surface area contributed by atoms with E-state index < -0.39 is 5.97 Å². The van der Waals surface area contributed by atoms with Gasteiger partial charge in [0, 0.05) is 5.56 Å². The van der Waals surface area contributed by atoms with Gasteiger partial charge in [-0.3, -0.25) is 5.43 Å². The molecule has 2 rings (SSSR count). The van der Waals surface area contributed by atoms with Crippen LogP contribution in [0.5, 0.6) is 0 Å². The van der Waals surface area contributed by atoms with Gasteiger partial charge < -0.3 is 14.9 Å². The Bertz CT molecular complexity index is 839. The molecule has 0 atom stereocenters. The number of furan rings is 1. The average molecular weight is 362 g/mol. The minimum absolute atomic E-state index is 0.0471. The minimum atomic E-state index is -0.603. The highest BCUT2D eigenvalue weighted by atomic mass is 35.5. The predicted molar refractivity (Wildman–Crippen MR) is 95.8 cm³/mol. The van der Waals surface area contributed by atoms with E-state index in [0.29, 0.717) is 17.1 Å². The van der Waals surface area contributed by atoms with Crippen LogP contribution in [0.25, 0.3) is 11.3 Å². The van der Waals surface area contributed by atoms with Crippen molar-refractivity contribution in [3.8, 4) is 23.7 Å². The molecule has 8 heteroatoms. The fourth-order valence-electron chi connectivity index (χ4n) is 1.76. The largest absolute Gasteiger partial charge is 0.455 e. The van der Waals surface area contributed by atoms with Crippen LogP contribution in [0.2, 0.25) is 5.02 Å². The summed E-state index contributed by atoms with van der Waals surface area (Å²) < 4.78 is 10.5. The van der Waals surface area contributed by atoms with Crippen LogP contribution in [0.1, 0.15) is 16.1 Å². The number of carbonyl (C=O) groups is 1. The Hall–Kier alpha value is -2.82. The summed E-state index contributed by atoms with van der Waals surface area (Å²) in [5, 5.41) is 4.10. The third kappa shape index (κ3) is 4.59. The molecule has 0 aliphatic rings. The average Bonchev–Trinajstić information content (AvgIpc) is 3.01. The highest BCUT2D eigenvalue weighted by molar-refractivity contribution is 7.80. The molecule has 0 aliphatic carbocycles. The maximum absolute atomic E-state index is 11.9. The predicted octanol–water partition coefficient (Wildman–Crippen LogP) is 2.56. The van der Waals surface area contributed by atoms with Crippen molar-refractivity contribution in [2.24, 2.45) is 10.8 Å². The van der Waals surface area contributed by atoms with Gasteiger partial charge >= 0.3 is 5.97 Å². The molecular formula is C16H12ClN3O3S. The van der Waals surface area contributed by atoms with Gasteiger partial charge in [-0.15, -0.1) is 6.42 Å². The normalized spacial score (nSPS) is 10.3. The van der Waals surface area contributed by atoms with E-state index in [-0.39, 0.29) is 22.3 Å². The number of esters is 1. The molecular weight excluding hydrogens is 350 g/mol. The molecule has 0 aliphatic heterocycles. The second-order valence-electron chi connectivity index (χ2n) is 4.41. The maximum Gasteiger partial charge on any atom is 0.340 e. The number of ether oxygens (including phenoxy) is 1. The number of halogens is 1. The summed E-state index contributed by atoms with van der Waals surface area (Å²) in [6.45, 7) is -0.128. The number of thiocarbonyl (C=S) groups is 1. The first-order valence-corrected chi connectivity index (χ1v) is 7.38. The number of nitrogens with zero attached hydrogens (tertiary/aromatic N) is 1. The number of terminal acetylenes is 1. The van der Waals surface area contributed by atoms with E-state index in [1.54, 1.807) is 30.3 Å². The molecule has 0 radical (unpaired) electrons. The summed E-state index contributed by atoms with van der Waals surface area (Å²) in [5.41, 5.74) is 8.52. The second-order valence-corrected chi connectivity index (χ2v) is 5.26. The molecule has 0 amide bonds. The molecule has 1 aromatic heterocycles. The van der Waals surface area contributed by atoms with Crippen molar-refractivity contribution in [1.82, 2.24) is 5.43 Å². The van der Waals surface area contributed by atoms with Gasteiger partial charge in [0.05, 0.1) is 16.8 Å². The molecule has 122 valence electrons. The Kier molecular flexibility index (Phi) is 5.95. The van der Waals surface area contributed by atoms with Crippen LogP contribution in [0.3, 0.4) is 0 Å². The van der Waals surface area contributed by atoms with Crippen LogP contribution in [0.15, 0.2) is 39.9 Å². The zero-order valence-electron chi connectivity index (χ0n) is 12.3. The molecule has 24 heavy (non-hydrogen) atoms. The number of hydrogen-bond donors (Lipinski definition) is 2. The fourth-order valence-corrected chi connectivity index (χ4v) is 2.00. The monoisotopic (exact) mass is 361 g/mol. The number of benzene rings is 1. The van der Waals surface area contributed by atoms with Gasteiger partial charge in [-0.1, -0.05) is 17.5 Å². The third-order valence-corrected chi connectivity index (χ3v) is 3.17. The first kappa shape index (κ1) is 17.5. The first-order valence-electron chi connectivity index (χ1n) is 6.60. The van der Waals surface area contributed by atoms with E-state index in [1.807, 2.05) is 0 Å². The highest BCUT2D eigenvalue weighted by Crippen LogP contribution is 2.27. The summed E-state index contributed by atoms with van der Waals surface area (Å²) in [6.07, 6.45) is 6.48. The lowest BCUT2D eigenvalue weighted by Gasteiger charge is -2.05. The molecule has 6 nitrogen and oxygen atoms in total. The minimum Gasteiger partial charge on any atom is -0.455 e. The van der Waals surface area contributed by atoms with Crippen LogP contribution in [0, 0.1) is 12.3 Å². The van der Waals surface area contributed by atoms with Crippen LogP contribution < -0.4 is 11.2 Å². The van der Waals surface area contributed by atoms with Gasteiger partial charge in [0.25, 0.3) is 0 Å². The Morgan fingerprint density at radius 1 is 1.50 bits per heavy atom. The van der Waals surface area contributed by atoms with Crippen molar-refractivity contribution in [1.29, 1.82) is 0 Å². The molecule has 2 aromatic rings. The lowest BCUT2D eigenvalue weighted by molar-refractivity contribution is 0.0557. The quantitative estimate of drug-likeness (QED) is 0.280. The van der Waals surface area contributed by atoms with Crippen molar-refractivity contribution in [3.63, 3.8) is 0 Å². The summed E-state index contributed by atoms with van der Waals surface area (Å²) in [7, 11) is 0. The van der Waals surface area contributed by atoms with Crippen molar-refractivity contribution in [2.75, 3.05) is 6.61 Å². The third-order valence-electron chi connectivity index (χ3n) is 2.75. The number of hydrogen-bond acceptors (Lipinski definition) is 5. The molecule has 0 fully saturated rings. The number of rotatable bonds is 5. The molecule has 1 aromatic carbocycles. The molecule has 0 unspecified atom stereocenters. The summed E-state index contributed by atoms with van der Waals surface area (Å²) >= 11 is 10.7. The molecule has 0 saturated heterocycles. The topological polar surface area (TPSA) is 89.8 Å². The van der Waals surface area contributed by atoms with Crippen LogP contribution in [0.4, 0.5) is 0 Å². The maximum atomic E-state index is 11.9. The van der Waals surface area contributed by atoms with Crippen molar-refractivity contribution < 1.29 is 13.9 Å². The fraction of sp³-hybridized carbons (Fsp3) is 0.0625. The summed E-state index contributed by atoms with van der Waals surface area (Å²) in [5.74, 6) is 2.61. The lowest BCUT2D eigenvalue weighted by Crippen LogP contribution is -2.23. The highest BCUT2D eigenvalue weighted by Gasteiger charge is 2.14. The Balaban J connectivity index is 2.22. The van der Waals surface area contributed by atoms with Gasteiger partial charge in [0.15, 0.2) is 11.7 Å². The zero-order chi connectivity index (χ0) is 17.5. The smallest absolute Gasteiger partial charge is 0.340 e. The standard InChI is InChI=1S/C16H12ClN3O3S/c1-2-7-22-15(21)12-8-10(3-5-13(12)17)14-6-4-11(23-14)9-19-20-16(18)24/h1,3-6,8-9H,7H2,(H3,18,20,24)/b19-9+. The Morgan fingerprint density at radius 2 is 2.29 bits per heavy atom. The van der Waals surface area contributed by atoms with E-state index in [1.165, 1.54) is 6.21 Å². The SMILES string of the molecule is C#CCOC(=O)c1cc(-c2ccc(/C=N/NC(N)=S)o2)ccc1Cl. The molecule has 0 spiro atoms. The van der Waals surface area contributed by atoms with Gasteiger partial charge in [-0.25, -0.2) is 4.79 Å². The second kappa shape index (κ2) is 8.15. The van der Waals surface area contributed by atoms with Crippen molar-refractivity contribution in [3.05, 3.63) is 46.7 Å². The first-order chi connectivity index (χ1) is 11.5. The van der Waals surface area contributed by atoms with E-state index in [9.17, 15) is 4.79 Å². The summed E-state index contributed by atoms with van der Waals surface area (Å²) in [4.78, 5) is 11.9. The molecule has 3 N–H and O–H groups in total. The van der Waals surface area contributed by atoms with Crippen molar-refractivity contribution in [2.45, 2.75) is 0 Å². The number of carbonyl (C=O) groups excluding carboxylic acids is 1. The Labute approximate surface area is 148 Å². The zero-order valence-corrected chi connectivity index (χ0v) is 13.9. The van der Waals surface area contributed by atoms with Gasteiger partial charge in [-0.2, -0.15) is 5.10 Å². The van der Waals surface area contributed by atoms with Gasteiger partial charge in [0.2, 0.25) is 0 Å². The van der Waals surface area contributed by atoms with E-state index in [0.717, 1.165) is 0 Å². The van der Waals surface area contributed by atoms with Gasteiger partial charge in [-0.05, 0) is 42.5 Å². The van der Waals surface area contributed by atoms with E-state index >= 15 is 0 Å². The van der Waals surface area contributed by atoms with E-state index in [2.05, 4.69) is 28.7 Å². The number of nitrogens with two attached hydrogens (primary N) is 1. The summed E-state index contributed by atoms with van der Waals surface area (Å²) in [6, 6.07) is 8.28. The van der Waals surface area contributed by atoms with E-state index in [4.69, 9.17) is 32.9 Å². The molecule has 0 saturated carbocycles. The van der Waals surface area contributed by atoms with Crippen LogP contribution >= 0.6 is 23.8 Å². The lowest BCUT2D eigenvalue weighted by atomic mass is 10.1. The van der Waals surface area contributed by atoms with Crippen LogP contribution in [-0.2, 0) is 4.74 Å². The van der Waals surface area contributed by atoms with Gasteiger partial charge in [0.1, 0.15) is 11.5 Å². The Morgan fingerprint density at radius 3 is 3.00 bits per heavy atom. The van der Waals surface area contributed by atoms with Crippen LogP contribution in [-0.4, -0.2) is 23.9 Å². The number of nitrogens with one attached hydrogen (secondary N) is 1. The van der Waals surface area contributed by atoms with Crippen molar-refractivity contribution >= 4 is 41.1 Å². The molecule has 0 bridgehead atoms. The number of hydrazone groups is 1.